The Labute approximate surface area is 261 Å². The molecule has 0 saturated heterocycles. The van der Waals surface area contributed by atoms with Gasteiger partial charge in [0, 0.05) is 34.8 Å². The first kappa shape index (κ1) is 33.5. The molecule has 3 aliphatic carbocycles. The summed E-state index contributed by atoms with van der Waals surface area (Å²) >= 11 is 0. The van der Waals surface area contributed by atoms with Gasteiger partial charge in [0.15, 0.2) is 0 Å². The molecule has 0 aromatic heterocycles. The predicted octanol–water partition coefficient (Wildman–Crippen LogP) is 9.28. The second-order valence-corrected chi connectivity index (χ2v) is 15.9. The van der Waals surface area contributed by atoms with Crippen molar-refractivity contribution < 1.29 is 14.4 Å². The molecule has 6 nitrogen and oxygen atoms in total. The van der Waals surface area contributed by atoms with E-state index >= 15 is 0 Å². The molecule has 1 aromatic rings. The summed E-state index contributed by atoms with van der Waals surface area (Å²) in [6.45, 7) is 16.0. The van der Waals surface area contributed by atoms with Crippen LogP contribution in [0, 0.1) is 52.8 Å². The lowest BCUT2D eigenvalue weighted by Crippen LogP contribution is -2.31. The average molecular weight is 594 g/mol. The summed E-state index contributed by atoms with van der Waals surface area (Å²) < 4.78 is 0. The minimum atomic E-state index is -0.0119. The fourth-order valence-electron chi connectivity index (χ4n) is 7.89. The van der Waals surface area contributed by atoms with Crippen LogP contribution in [0.1, 0.15) is 126 Å². The van der Waals surface area contributed by atoms with Gasteiger partial charge in [0.25, 0.3) is 0 Å². The van der Waals surface area contributed by atoms with Gasteiger partial charge in [0.1, 0.15) is 0 Å². The second-order valence-electron chi connectivity index (χ2n) is 15.9. The normalized spacial score (nSPS) is 28.4. The standard InChI is InChI=1S/C37H59N3O3/c1-23(2)25-8-12-27(13-9-25)34(41)38-31-20-32(39-35(42)28-14-10-26(11-15-28)24(3)4)22-33(21-31)40-36(43)29-16-18-30(19-17-29)37(5,6)7/h20-30H,8-19H2,1-7H3,(H,38,41)(H,39,42)(H,40,43)/t25-,26-,27+,28+,29-,30-. The number of hydrogen-bond acceptors (Lipinski definition) is 3. The lowest BCUT2D eigenvalue weighted by Gasteiger charge is -2.36. The van der Waals surface area contributed by atoms with E-state index in [1.807, 2.05) is 18.2 Å². The van der Waals surface area contributed by atoms with Crippen LogP contribution in [-0.4, -0.2) is 17.7 Å². The first-order valence-corrected chi connectivity index (χ1v) is 17.4. The van der Waals surface area contributed by atoms with Crippen LogP contribution >= 0.6 is 0 Å². The summed E-state index contributed by atoms with van der Waals surface area (Å²) in [7, 11) is 0. The van der Waals surface area contributed by atoms with Gasteiger partial charge in [-0.15, -0.1) is 0 Å². The van der Waals surface area contributed by atoms with Gasteiger partial charge in [-0.1, -0.05) is 48.5 Å². The first-order valence-electron chi connectivity index (χ1n) is 17.4. The number of amides is 3. The molecule has 0 unspecified atom stereocenters. The zero-order chi connectivity index (χ0) is 31.3. The van der Waals surface area contributed by atoms with Gasteiger partial charge in [0.2, 0.25) is 17.7 Å². The average Bonchev–Trinajstić information content (AvgIpc) is 2.96. The van der Waals surface area contributed by atoms with E-state index in [4.69, 9.17) is 0 Å². The highest BCUT2D eigenvalue weighted by Crippen LogP contribution is 2.40. The van der Waals surface area contributed by atoms with Gasteiger partial charge in [-0.3, -0.25) is 14.4 Å². The lowest BCUT2D eigenvalue weighted by atomic mass is 9.69. The monoisotopic (exact) mass is 593 g/mol. The molecule has 43 heavy (non-hydrogen) atoms. The van der Waals surface area contributed by atoms with E-state index in [1.165, 1.54) is 0 Å². The Bertz CT molecular complexity index is 1040. The van der Waals surface area contributed by atoms with E-state index in [2.05, 4.69) is 64.4 Å². The molecule has 0 heterocycles. The molecule has 0 atom stereocenters. The van der Waals surface area contributed by atoms with Crippen molar-refractivity contribution in [1.29, 1.82) is 0 Å². The Morgan fingerprint density at radius 2 is 0.814 bits per heavy atom. The molecule has 3 saturated carbocycles. The van der Waals surface area contributed by atoms with Crippen LogP contribution < -0.4 is 16.0 Å². The Kier molecular flexibility index (Phi) is 11.4. The number of hydrogen-bond donors (Lipinski definition) is 3. The summed E-state index contributed by atoms with van der Waals surface area (Å²) in [5, 5.41) is 9.43. The molecule has 0 aliphatic heterocycles. The predicted molar refractivity (Wildman–Crippen MR) is 178 cm³/mol. The number of carbonyl (C=O) groups is 3. The molecule has 240 valence electrons. The quantitative estimate of drug-likeness (QED) is 0.281. The van der Waals surface area contributed by atoms with Crippen molar-refractivity contribution in [2.24, 2.45) is 52.8 Å². The van der Waals surface area contributed by atoms with Gasteiger partial charge in [-0.2, -0.15) is 0 Å². The van der Waals surface area contributed by atoms with Crippen molar-refractivity contribution >= 4 is 34.8 Å². The minimum Gasteiger partial charge on any atom is -0.326 e. The topological polar surface area (TPSA) is 87.3 Å². The van der Waals surface area contributed by atoms with Crippen LogP contribution in [0.15, 0.2) is 18.2 Å². The number of anilines is 3. The Hall–Kier alpha value is -2.37. The van der Waals surface area contributed by atoms with E-state index in [9.17, 15) is 14.4 Å². The summed E-state index contributed by atoms with van der Waals surface area (Å²) in [4.78, 5) is 40.0. The van der Waals surface area contributed by atoms with E-state index in [1.54, 1.807) is 0 Å². The van der Waals surface area contributed by atoms with Crippen LogP contribution in [0.25, 0.3) is 0 Å². The summed E-state index contributed by atoms with van der Waals surface area (Å²) in [6.07, 6.45) is 11.9. The fourth-order valence-corrected chi connectivity index (χ4v) is 7.89. The summed E-state index contributed by atoms with van der Waals surface area (Å²) in [5.74, 6) is 3.43. The highest BCUT2D eigenvalue weighted by Gasteiger charge is 2.33. The van der Waals surface area contributed by atoms with Crippen LogP contribution in [0.2, 0.25) is 0 Å². The Morgan fingerprint density at radius 3 is 1.07 bits per heavy atom. The minimum absolute atomic E-state index is 0.000399. The van der Waals surface area contributed by atoms with Crippen molar-refractivity contribution in [3.63, 3.8) is 0 Å². The molecule has 0 radical (unpaired) electrons. The van der Waals surface area contributed by atoms with Gasteiger partial charge in [-0.25, -0.2) is 0 Å². The maximum absolute atomic E-state index is 13.4. The molecule has 6 heteroatoms. The third kappa shape index (κ3) is 9.31. The molecule has 0 spiro atoms. The molecule has 3 fully saturated rings. The number of carbonyl (C=O) groups excluding carboxylic acids is 3. The van der Waals surface area contributed by atoms with Crippen molar-refractivity contribution in [3.05, 3.63) is 18.2 Å². The summed E-state index contributed by atoms with van der Waals surface area (Å²) in [6, 6.07) is 5.54. The highest BCUT2D eigenvalue weighted by atomic mass is 16.2. The van der Waals surface area contributed by atoms with Crippen molar-refractivity contribution in [1.82, 2.24) is 0 Å². The molecule has 3 amide bonds. The maximum Gasteiger partial charge on any atom is 0.227 e. The molecule has 0 bridgehead atoms. The van der Waals surface area contributed by atoms with Crippen molar-refractivity contribution in [2.45, 2.75) is 126 Å². The zero-order valence-electron chi connectivity index (χ0n) is 28.1. The zero-order valence-corrected chi connectivity index (χ0v) is 28.1. The summed E-state index contributed by atoms with van der Waals surface area (Å²) in [5.41, 5.74) is 2.15. The maximum atomic E-state index is 13.4. The van der Waals surface area contributed by atoms with E-state index in [0.29, 0.717) is 46.7 Å². The number of rotatable bonds is 8. The molecule has 3 aliphatic rings. The van der Waals surface area contributed by atoms with Crippen molar-refractivity contribution in [2.75, 3.05) is 16.0 Å². The number of nitrogens with one attached hydrogen (secondary N) is 3. The molecular weight excluding hydrogens is 534 g/mol. The smallest absolute Gasteiger partial charge is 0.227 e. The number of benzene rings is 1. The molecular formula is C37H59N3O3. The lowest BCUT2D eigenvalue weighted by molar-refractivity contribution is -0.122. The molecule has 3 N–H and O–H groups in total. The molecule has 4 rings (SSSR count). The van der Waals surface area contributed by atoms with Gasteiger partial charge >= 0.3 is 0 Å². The largest absolute Gasteiger partial charge is 0.326 e. The SMILES string of the molecule is CC(C)[C@H]1CC[C@@H](C(=O)Nc2cc(NC(=O)[C@H]3CC[C@@H](C(C)C)CC3)cc(NC(=O)[C@H]3CC[C@H](C(C)(C)C)CC3)c2)CC1. The van der Waals surface area contributed by atoms with Crippen LogP contribution in [0.4, 0.5) is 17.1 Å². The Balaban J connectivity index is 1.44. The van der Waals surface area contributed by atoms with E-state index < -0.39 is 0 Å². The van der Waals surface area contributed by atoms with E-state index in [0.717, 1.165) is 77.0 Å². The van der Waals surface area contributed by atoms with E-state index in [-0.39, 0.29) is 40.9 Å². The van der Waals surface area contributed by atoms with Crippen LogP contribution in [-0.2, 0) is 14.4 Å². The van der Waals surface area contributed by atoms with Crippen molar-refractivity contribution in [3.8, 4) is 0 Å². The third-order valence-electron chi connectivity index (χ3n) is 11.2. The molecule has 1 aromatic carbocycles. The highest BCUT2D eigenvalue weighted by molar-refractivity contribution is 5.99. The van der Waals surface area contributed by atoms with Crippen LogP contribution in [0.3, 0.4) is 0 Å². The van der Waals surface area contributed by atoms with Gasteiger partial charge in [-0.05, 0) is 130 Å². The van der Waals surface area contributed by atoms with Crippen LogP contribution in [0.5, 0.6) is 0 Å². The van der Waals surface area contributed by atoms with Gasteiger partial charge < -0.3 is 16.0 Å². The fraction of sp³-hybridized carbons (Fsp3) is 0.757. The Morgan fingerprint density at radius 1 is 0.535 bits per heavy atom. The third-order valence-corrected chi connectivity index (χ3v) is 11.2. The second kappa shape index (κ2) is 14.6. The first-order chi connectivity index (χ1) is 20.3. The van der Waals surface area contributed by atoms with Gasteiger partial charge in [0.05, 0.1) is 0 Å².